The van der Waals surface area contributed by atoms with Gasteiger partial charge < -0.3 is 5.11 Å². The van der Waals surface area contributed by atoms with Gasteiger partial charge in [-0.25, -0.2) is 4.79 Å². The van der Waals surface area contributed by atoms with Crippen LogP contribution in [0, 0.1) is 6.92 Å². The molecule has 0 fully saturated rings. The maximum atomic E-state index is 10.8. The van der Waals surface area contributed by atoms with Crippen molar-refractivity contribution in [1.29, 1.82) is 0 Å². The number of hydrogen-bond donors (Lipinski definition) is 1. The lowest BCUT2D eigenvalue weighted by atomic mass is 10.00. The predicted molar refractivity (Wildman–Crippen MR) is 61.4 cm³/mol. The molecule has 2 rings (SSSR count). The number of aryl methyl sites for hydroxylation is 1. The zero-order valence-electron chi connectivity index (χ0n) is 8.84. The minimum atomic E-state index is -0.902. The molecule has 0 amide bonds. The lowest BCUT2D eigenvalue weighted by Gasteiger charge is -2.06. The van der Waals surface area contributed by atoms with Crippen molar-refractivity contribution in [3.05, 3.63) is 53.9 Å². The van der Waals surface area contributed by atoms with Crippen molar-refractivity contribution in [2.45, 2.75) is 6.92 Å². The molecule has 0 bridgehead atoms. The molecule has 1 aromatic heterocycles. The number of nitrogens with zero attached hydrogens (tertiary/aromatic N) is 1. The number of carboxylic acid groups (broad SMARTS) is 1. The quantitative estimate of drug-likeness (QED) is 0.834. The monoisotopic (exact) mass is 213 g/mol. The van der Waals surface area contributed by atoms with Crippen LogP contribution in [0.2, 0.25) is 0 Å². The summed E-state index contributed by atoms with van der Waals surface area (Å²) in [6, 6.07) is 8.91. The number of aromatic carboxylic acids is 1. The number of hydrogen-bond acceptors (Lipinski definition) is 2. The van der Waals surface area contributed by atoms with Crippen molar-refractivity contribution in [2.75, 3.05) is 0 Å². The molecule has 0 aliphatic carbocycles. The van der Waals surface area contributed by atoms with E-state index < -0.39 is 5.97 Å². The predicted octanol–water partition coefficient (Wildman–Crippen LogP) is 2.76. The van der Waals surface area contributed by atoms with E-state index in [0.29, 0.717) is 5.56 Å². The Hall–Kier alpha value is -2.16. The van der Waals surface area contributed by atoms with Crippen LogP contribution < -0.4 is 0 Å². The summed E-state index contributed by atoms with van der Waals surface area (Å²) in [7, 11) is 0. The average molecular weight is 213 g/mol. The van der Waals surface area contributed by atoms with E-state index in [4.69, 9.17) is 5.11 Å². The summed E-state index contributed by atoms with van der Waals surface area (Å²) in [5.41, 5.74) is 3.26. The van der Waals surface area contributed by atoms with Crippen LogP contribution in [0.1, 0.15) is 15.9 Å². The highest BCUT2D eigenvalue weighted by molar-refractivity contribution is 5.89. The van der Waals surface area contributed by atoms with Gasteiger partial charge in [-0.3, -0.25) is 4.98 Å². The molecule has 3 heteroatoms. The Morgan fingerprint density at radius 3 is 2.69 bits per heavy atom. The van der Waals surface area contributed by atoms with Crippen LogP contribution in [-0.4, -0.2) is 16.1 Å². The second-order valence-electron chi connectivity index (χ2n) is 3.58. The van der Waals surface area contributed by atoms with E-state index in [1.165, 1.54) is 0 Å². The Balaban J connectivity index is 2.48. The van der Waals surface area contributed by atoms with Gasteiger partial charge in [-0.15, -0.1) is 0 Å². The molecule has 0 aliphatic rings. The highest BCUT2D eigenvalue weighted by atomic mass is 16.4. The normalized spacial score (nSPS) is 10.1. The molecular formula is C13H11NO2. The van der Waals surface area contributed by atoms with Crippen LogP contribution in [0.25, 0.3) is 11.1 Å². The van der Waals surface area contributed by atoms with E-state index in [-0.39, 0.29) is 0 Å². The molecule has 0 unspecified atom stereocenters. The molecule has 1 heterocycles. The Labute approximate surface area is 93.4 Å². The lowest BCUT2D eigenvalue weighted by Crippen LogP contribution is -1.97. The molecule has 0 radical (unpaired) electrons. The molecule has 2 aromatic rings. The highest BCUT2D eigenvalue weighted by Gasteiger charge is 2.06. The third-order valence-corrected chi connectivity index (χ3v) is 2.45. The molecule has 0 saturated heterocycles. The van der Waals surface area contributed by atoms with Crippen molar-refractivity contribution < 1.29 is 9.90 Å². The fraction of sp³-hybridized carbons (Fsp3) is 0.0769. The fourth-order valence-corrected chi connectivity index (χ4v) is 1.64. The van der Waals surface area contributed by atoms with Gasteiger partial charge in [-0.2, -0.15) is 0 Å². The van der Waals surface area contributed by atoms with Gasteiger partial charge in [0.25, 0.3) is 0 Å². The molecule has 16 heavy (non-hydrogen) atoms. The van der Waals surface area contributed by atoms with Crippen LogP contribution in [0.3, 0.4) is 0 Å². The average Bonchev–Trinajstić information content (AvgIpc) is 2.30. The van der Waals surface area contributed by atoms with Gasteiger partial charge >= 0.3 is 5.97 Å². The first-order valence-corrected chi connectivity index (χ1v) is 4.93. The van der Waals surface area contributed by atoms with Crippen molar-refractivity contribution in [3.8, 4) is 11.1 Å². The van der Waals surface area contributed by atoms with Gasteiger partial charge in [-0.1, -0.05) is 12.1 Å². The first-order chi connectivity index (χ1) is 7.68. The summed E-state index contributed by atoms with van der Waals surface area (Å²) >= 11 is 0. The fourth-order valence-electron chi connectivity index (χ4n) is 1.64. The Bertz CT molecular complexity index is 521. The molecule has 80 valence electrons. The third kappa shape index (κ3) is 1.93. The largest absolute Gasteiger partial charge is 0.478 e. The van der Waals surface area contributed by atoms with Crippen LogP contribution in [0.4, 0.5) is 0 Å². The first kappa shape index (κ1) is 10.4. The standard InChI is InChI=1S/C13H11NO2/c1-9-7-10(13(15)16)4-5-12(9)11-3-2-6-14-8-11/h2-8H,1H3,(H,15,16). The van der Waals surface area contributed by atoms with Gasteiger partial charge in [0, 0.05) is 18.0 Å². The SMILES string of the molecule is Cc1cc(C(=O)O)ccc1-c1cccnc1. The lowest BCUT2D eigenvalue weighted by molar-refractivity contribution is 0.0697. The third-order valence-electron chi connectivity index (χ3n) is 2.45. The van der Waals surface area contributed by atoms with Crippen molar-refractivity contribution in [2.24, 2.45) is 0 Å². The molecular weight excluding hydrogens is 202 g/mol. The topological polar surface area (TPSA) is 50.2 Å². The number of rotatable bonds is 2. The van der Waals surface area contributed by atoms with Gasteiger partial charge in [0.15, 0.2) is 0 Å². The summed E-state index contributed by atoms with van der Waals surface area (Å²) in [5, 5.41) is 8.86. The summed E-state index contributed by atoms with van der Waals surface area (Å²) < 4.78 is 0. The minimum absolute atomic E-state index is 0.310. The molecule has 1 N–H and O–H groups in total. The number of carboxylic acids is 1. The Morgan fingerprint density at radius 2 is 2.12 bits per heavy atom. The van der Waals surface area contributed by atoms with Gasteiger partial charge in [0.2, 0.25) is 0 Å². The maximum absolute atomic E-state index is 10.8. The zero-order valence-corrected chi connectivity index (χ0v) is 8.84. The molecule has 0 atom stereocenters. The molecule has 0 saturated carbocycles. The zero-order chi connectivity index (χ0) is 11.5. The first-order valence-electron chi connectivity index (χ1n) is 4.93. The summed E-state index contributed by atoms with van der Waals surface area (Å²) in [6.07, 6.45) is 3.48. The molecule has 3 nitrogen and oxygen atoms in total. The molecule has 0 aliphatic heterocycles. The number of carbonyl (C=O) groups is 1. The van der Waals surface area contributed by atoms with Crippen LogP contribution >= 0.6 is 0 Å². The van der Waals surface area contributed by atoms with Crippen molar-refractivity contribution >= 4 is 5.97 Å². The molecule has 0 spiro atoms. The number of aromatic nitrogens is 1. The Kier molecular flexibility index (Phi) is 2.68. The van der Waals surface area contributed by atoms with Crippen LogP contribution in [0.15, 0.2) is 42.7 Å². The maximum Gasteiger partial charge on any atom is 0.335 e. The van der Waals surface area contributed by atoms with E-state index >= 15 is 0 Å². The smallest absolute Gasteiger partial charge is 0.335 e. The van der Waals surface area contributed by atoms with Gasteiger partial charge in [0.05, 0.1) is 5.56 Å². The summed E-state index contributed by atoms with van der Waals surface area (Å²) in [6.45, 7) is 1.90. The van der Waals surface area contributed by atoms with Crippen LogP contribution in [-0.2, 0) is 0 Å². The van der Waals surface area contributed by atoms with Crippen LogP contribution in [0.5, 0.6) is 0 Å². The second-order valence-corrected chi connectivity index (χ2v) is 3.58. The van der Waals surface area contributed by atoms with E-state index in [9.17, 15) is 4.79 Å². The summed E-state index contributed by atoms with van der Waals surface area (Å²) in [4.78, 5) is 14.8. The number of pyridine rings is 1. The van der Waals surface area contributed by atoms with E-state index in [1.807, 2.05) is 25.1 Å². The van der Waals surface area contributed by atoms with Gasteiger partial charge in [0.1, 0.15) is 0 Å². The van der Waals surface area contributed by atoms with E-state index in [1.54, 1.807) is 24.5 Å². The number of benzene rings is 1. The Morgan fingerprint density at radius 1 is 1.31 bits per heavy atom. The minimum Gasteiger partial charge on any atom is -0.478 e. The second kappa shape index (κ2) is 4.14. The van der Waals surface area contributed by atoms with Crippen molar-refractivity contribution in [1.82, 2.24) is 4.98 Å². The molecule has 1 aromatic carbocycles. The highest BCUT2D eigenvalue weighted by Crippen LogP contribution is 2.23. The van der Waals surface area contributed by atoms with E-state index in [2.05, 4.69) is 4.98 Å². The van der Waals surface area contributed by atoms with E-state index in [0.717, 1.165) is 16.7 Å². The van der Waals surface area contributed by atoms with Crippen molar-refractivity contribution in [3.63, 3.8) is 0 Å². The van der Waals surface area contributed by atoms with Gasteiger partial charge in [-0.05, 0) is 36.2 Å². The summed E-state index contributed by atoms with van der Waals surface area (Å²) in [5.74, 6) is -0.902.